The lowest BCUT2D eigenvalue weighted by Gasteiger charge is -2.15. The number of nitrogens with one attached hydrogen (secondary N) is 1. The number of aryl methyl sites for hydroxylation is 2. The number of methoxy groups -OCH3 is 1. The highest BCUT2D eigenvalue weighted by Crippen LogP contribution is 2.39. The first kappa shape index (κ1) is 25.3. The van der Waals surface area contributed by atoms with Gasteiger partial charge in [0.15, 0.2) is 18.1 Å². The van der Waals surface area contributed by atoms with Crippen LogP contribution in [0.4, 0.5) is 10.5 Å². The van der Waals surface area contributed by atoms with E-state index in [0.29, 0.717) is 15.7 Å². The lowest BCUT2D eigenvalue weighted by molar-refractivity contribution is -0.139. The van der Waals surface area contributed by atoms with Crippen LogP contribution in [-0.4, -0.2) is 53.3 Å². The van der Waals surface area contributed by atoms with Crippen LogP contribution in [-0.2, 0) is 14.4 Å². The zero-order valence-corrected chi connectivity index (χ0v) is 20.9. The predicted octanol–water partition coefficient (Wildman–Crippen LogP) is 4.21. The van der Waals surface area contributed by atoms with E-state index in [1.54, 1.807) is 12.1 Å². The Morgan fingerprint density at radius 2 is 1.88 bits per heavy atom. The molecule has 0 spiro atoms. The number of thioether (sulfide) groups is 1. The summed E-state index contributed by atoms with van der Waals surface area (Å²) in [6.45, 7) is 2.74. The second kappa shape index (κ2) is 10.7. The molecule has 34 heavy (non-hydrogen) atoms. The Balaban J connectivity index is 1.77. The van der Waals surface area contributed by atoms with Gasteiger partial charge in [0.2, 0.25) is 5.91 Å². The molecule has 1 fully saturated rings. The molecule has 0 radical (unpaired) electrons. The minimum Gasteiger partial charge on any atom is -0.493 e. The second-order valence-corrected chi connectivity index (χ2v) is 9.15. The largest absolute Gasteiger partial charge is 0.493 e. The third-order valence-corrected chi connectivity index (χ3v) is 6.31. The predicted molar refractivity (Wildman–Crippen MR) is 131 cm³/mol. The van der Waals surface area contributed by atoms with Crippen LogP contribution in [0.1, 0.15) is 16.7 Å². The van der Waals surface area contributed by atoms with Gasteiger partial charge in [-0.3, -0.25) is 19.3 Å². The number of carboxylic acid groups (broad SMARTS) is 1. The normalized spacial score (nSPS) is 14.5. The molecule has 2 aromatic rings. The Morgan fingerprint density at radius 1 is 1.21 bits per heavy atom. The Labute approximate surface area is 208 Å². The molecular weight excluding hydrogens is 528 g/mol. The van der Waals surface area contributed by atoms with Gasteiger partial charge in [-0.05, 0) is 76.4 Å². The molecule has 9 nitrogen and oxygen atoms in total. The number of hydrogen-bond acceptors (Lipinski definition) is 7. The fourth-order valence-electron chi connectivity index (χ4n) is 3.22. The number of para-hydroxylation sites is 1. The van der Waals surface area contributed by atoms with Crippen molar-refractivity contribution in [3.63, 3.8) is 0 Å². The molecule has 2 aromatic carbocycles. The van der Waals surface area contributed by atoms with Gasteiger partial charge in [-0.25, -0.2) is 4.79 Å². The summed E-state index contributed by atoms with van der Waals surface area (Å²) in [5, 5.41) is 11.0. The number of imide groups is 1. The molecule has 1 heterocycles. The molecule has 1 aliphatic heterocycles. The van der Waals surface area contributed by atoms with Crippen LogP contribution < -0.4 is 14.8 Å². The van der Waals surface area contributed by atoms with Crippen LogP contribution in [0.3, 0.4) is 0 Å². The first-order chi connectivity index (χ1) is 16.1. The smallest absolute Gasteiger partial charge is 0.341 e. The van der Waals surface area contributed by atoms with Gasteiger partial charge in [0.1, 0.15) is 6.54 Å². The number of amides is 3. The number of carboxylic acids is 1. The summed E-state index contributed by atoms with van der Waals surface area (Å²) < 4.78 is 10.9. The van der Waals surface area contributed by atoms with Crippen molar-refractivity contribution >= 4 is 62.5 Å². The van der Waals surface area contributed by atoms with Crippen molar-refractivity contribution in [2.75, 3.05) is 25.6 Å². The monoisotopic (exact) mass is 548 g/mol. The van der Waals surface area contributed by atoms with Crippen molar-refractivity contribution in [3.8, 4) is 11.5 Å². The van der Waals surface area contributed by atoms with E-state index in [4.69, 9.17) is 14.6 Å². The molecule has 0 aliphatic carbocycles. The number of ether oxygens (including phenoxy) is 2. The molecule has 1 aliphatic rings. The van der Waals surface area contributed by atoms with Gasteiger partial charge in [0.25, 0.3) is 11.1 Å². The molecular formula is C23H21BrN2O7S. The van der Waals surface area contributed by atoms with Gasteiger partial charge in [-0.2, -0.15) is 0 Å². The summed E-state index contributed by atoms with van der Waals surface area (Å²) in [5.74, 6) is -1.78. The molecule has 0 bridgehead atoms. The Bertz CT molecular complexity index is 1190. The number of nitrogens with zero attached hydrogens (tertiary/aromatic N) is 1. The first-order valence-corrected chi connectivity index (χ1v) is 11.5. The number of carbonyl (C=O) groups is 4. The lowest BCUT2D eigenvalue weighted by Crippen LogP contribution is -2.36. The van der Waals surface area contributed by atoms with Crippen LogP contribution >= 0.6 is 27.7 Å². The SMILES string of the molecule is COc1cc(C=C2SC(=O)N(CC(=O)Nc3c(C)cccc3C)C2=O)cc(Br)c1OCC(=O)O. The van der Waals surface area contributed by atoms with E-state index in [1.807, 2.05) is 32.0 Å². The minimum atomic E-state index is -1.15. The standard InChI is InChI=1S/C23H21BrN2O7S/c1-12-5-4-6-13(2)20(12)25-18(27)10-26-22(30)17(34-23(26)31)9-14-7-15(24)21(16(8-14)32-3)33-11-19(28)29/h4-9H,10-11H2,1-3H3,(H,25,27)(H,28,29). The maximum absolute atomic E-state index is 12.8. The molecule has 0 unspecified atom stereocenters. The molecule has 11 heteroatoms. The third-order valence-electron chi connectivity index (χ3n) is 4.81. The summed E-state index contributed by atoms with van der Waals surface area (Å²) in [6.07, 6.45) is 1.49. The Hall–Kier alpha value is -3.31. The first-order valence-electron chi connectivity index (χ1n) is 9.94. The maximum Gasteiger partial charge on any atom is 0.341 e. The molecule has 0 atom stereocenters. The number of benzene rings is 2. The van der Waals surface area contributed by atoms with E-state index in [-0.39, 0.29) is 16.4 Å². The van der Waals surface area contributed by atoms with E-state index in [0.717, 1.165) is 27.8 Å². The number of halogens is 1. The van der Waals surface area contributed by atoms with Crippen molar-refractivity contribution in [2.45, 2.75) is 13.8 Å². The van der Waals surface area contributed by atoms with E-state index in [2.05, 4.69) is 21.2 Å². The molecule has 3 rings (SSSR count). The highest BCUT2D eigenvalue weighted by atomic mass is 79.9. The van der Waals surface area contributed by atoms with Crippen molar-refractivity contribution < 1.29 is 33.8 Å². The van der Waals surface area contributed by atoms with Crippen LogP contribution in [0.2, 0.25) is 0 Å². The van der Waals surface area contributed by atoms with Crippen molar-refractivity contribution in [3.05, 3.63) is 56.4 Å². The van der Waals surface area contributed by atoms with Crippen LogP contribution in [0.25, 0.3) is 6.08 Å². The van der Waals surface area contributed by atoms with Crippen molar-refractivity contribution in [1.82, 2.24) is 4.90 Å². The lowest BCUT2D eigenvalue weighted by atomic mass is 10.1. The third kappa shape index (κ3) is 5.78. The van der Waals surface area contributed by atoms with Crippen LogP contribution in [0, 0.1) is 13.8 Å². The average molecular weight is 549 g/mol. The van der Waals surface area contributed by atoms with Crippen molar-refractivity contribution in [2.24, 2.45) is 0 Å². The molecule has 178 valence electrons. The molecule has 2 N–H and O–H groups in total. The summed E-state index contributed by atoms with van der Waals surface area (Å²) in [7, 11) is 1.39. The van der Waals surface area contributed by atoms with Crippen LogP contribution in [0.15, 0.2) is 39.7 Å². The van der Waals surface area contributed by atoms with Gasteiger partial charge in [0.05, 0.1) is 16.5 Å². The van der Waals surface area contributed by atoms with Crippen molar-refractivity contribution in [1.29, 1.82) is 0 Å². The zero-order valence-electron chi connectivity index (χ0n) is 18.5. The van der Waals surface area contributed by atoms with E-state index < -0.39 is 36.2 Å². The summed E-state index contributed by atoms with van der Waals surface area (Å²) >= 11 is 4.03. The molecule has 3 amide bonds. The number of anilines is 1. The molecule has 0 aromatic heterocycles. The number of carbonyl (C=O) groups excluding carboxylic acids is 3. The summed E-state index contributed by atoms with van der Waals surface area (Å²) in [4.78, 5) is 49.6. The van der Waals surface area contributed by atoms with Gasteiger partial charge in [-0.1, -0.05) is 18.2 Å². The fraction of sp³-hybridized carbons (Fsp3) is 0.217. The average Bonchev–Trinajstić information content (AvgIpc) is 3.02. The Morgan fingerprint density at radius 3 is 2.50 bits per heavy atom. The van der Waals surface area contributed by atoms with Crippen LogP contribution in [0.5, 0.6) is 11.5 Å². The summed E-state index contributed by atoms with van der Waals surface area (Å²) in [5.41, 5.74) is 2.91. The highest BCUT2D eigenvalue weighted by molar-refractivity contribution is 9.10. The molecule has 1 saturated heterocycles. The minimum absolute atomic E-state index is 0.137. The zero-order chi connectivity index (χ0) is 25.0. The number of rotatable bonds is 8. The van der Waals surface area contributed by atoms with E-state index in [1.165, 1.54) is 13.2 Å². The van der Waals surface area contributed by atoms with Gasteiger partial charge < -0.3 is 19.9 Å². The van der Waals surface area contributed by atoms with Gasteiger partial charge in [0, 0.05) is 5.69 Å². The topological polar surface area (TPSA) is 122 Å². The van der Waals surface area contributed by atoms with E-state index >= 15 is 0 Å². The number of hydrogen-bond donors (Lipinski definition) is 2. The van der Waals surface area contributed by atoms with E-state index in [9.17, 15) is 19.2 Å². The fourth-order valence-corrected chi connectivity index (χ4v) is 4.63. The van der Waals surface area contributed by atoms with Gasteiger partial charge >= 0.3 is 5.97 Å². The quantitative estimate of drug-likeness (QED) is 0.470. The highest BCUT2D eigenvalue weighted by Gasteiger charge is 2.36. The Kier molecular flexibility index (Phi) is 8.00. The second-order valence-electron chi connectivity index (χ2n) is 7.30. The number of aliphatic carboxylic acids is 1. The summed E-state index contributed by atoms with van der Waals surface area (Å²) in [6, 6.07) is 8.73. The maximum atomic E-state index is 12.8. The molecule has 0 saturated carbocycles. The van der Waals surface area contributed by atoms with Gasteiger partial charge in [-0.15, -0.1) is 0 Å².